The van der Waals surface area contributed by atoms with Crippen molar-refractivity contribution in [3.05, 3.63) is 48.9 Å². The van der Waals surface area contributed by atoms with Crippen molar-refractivity contribution in [3.8, 4) is 11.1 Å². The Bertz CT molecular complexity index is 786. The summed E-state index contributed by atoms with van der Waals surface area (Å²) < 4.78 is 0. The van der Waals surface area contributed by atoms with E-state index in [-0.39, 0.29) is 0 Å². The third-order valence-corrected chi connectivity index (χ3v) is 4.73. The topological polar surface area (TPSA) is 66.7 Å². The van der Waals surface area contributed by atoms with Crippen LogP contribution in [0, 0.1) is 6.07 Å². The molecule has 0 spiro atoms. The second-order valence-electron chi connectivity index (χ2n) is 6.37. The average molecular weight is 305 g/mol. The van der Waals surface area contributed by atoms with Crippen molar-refractivity contribution in [2.24, 2.45) is 5.73 Å². The number of pyridine rings is 1. The van der Waals surface area contributed by atoms with Gasteiger partial charge in [-0.05, 0) is 55.0 Å². The van der Waals surface area contributed by atoms with E-state index in [4.69, 9.17) is 5.73 Å². The van der Waals surface area contributed by atoms with E-state index in [1.807, 2.05) is 12.4 Å². The Morgan fingerprint density at radius 3 is 2.78 bits per heavy atom. The first-order valence-electron chi connectivity index (χ1n) is 8.25. The van der Waals surface area contributed by atoms with Crippen LogP contribution in [0.4, 0.5) is 5.69 Å². The van der Waals surface area contributed by atoms with Crippen molar-refractivity contribution in [2.45, 2.75) is 37.8 Å². The van der Waals surface area contributed by atoms with Crippen LogP contribution in [0.2, 0.25) is 0 Å². The molecule has 117 valence electrons. The Hall–Kier alpha value is -2.33. The number of aromatic nitrogens is 2. The summed E-state index contributed by atoms with van der Waals surface area (Å²) in [4.78, 5) is 7.56. The number of fused-ring (bicyclic) bond motifs is 1. The predicted octanol–water partition coefficient (Wildman–Crippen LogP) is 3.71. The van der Waals surface area contributed by atoms with Crippen molar-refractivity contribution in [2.75, 3.05) is 5.32 Å². The van der Waals surface area contributed by atoms with Gasteiger partial charge in [0.25, 0.3) is 0 Å². The largest absolute Gasteiger partial charge is 0.381 e. The first-order chi connectivity index (χ1) is 11.3. The summed E-state index contributed by atoms with van der Waals surface area (Å²) in [6.45, 7) is 0. The molecule has 0 amide bonds. The number of benzene rings is 1. The quantitative estimate of drug-likeness (QED) is 0.691. The summed E-state index contributed by atoms with van der Waals surface area (Å²) in [5, 5.41) is 4.78. The van der Waals surface area contributed by atoms with Crippen LogP contribution in [-0.2, 0) is 0 Å². The number of H-pyrrole nitrogens is 1. The number of hydrogen-bond acceptors (Lipinski definition) is 3. The fourth-order valence-electron chi connectivity index (χ4n) is 3.36. The molecule has 2 aromatic heterocycles. The van der Waals surface area contributed by atoms with Gasteiger partial charge in [0.05, 0.1) is 11.2 Å². The van der Waals surface area contributed by atoms with Gasteiger partial charge in [-0.25, -0.2) is 0 Å². The van der Waals surface area contributed by atoms with Gasteiger partial charge in [0.15, 0.2) is 0 Å². The van der Waals surface area contributed by atoms with Crippen LogP contribution >= 0.6 is 0 Å². The molecule has 3 aromatic rings. The Kier molecular flexibility index (Phi) is 3.75. The van der Waals surface area contributed by atoms with E-state index < -0.39 is 0 Å². The summed E-state index contributed by atoms with van der Waals surface area (Å²) in [6, 6.07) is 12.6. The fraction of sp³-hybridized carbons (Fsp3) is 0.316. The monoisotopic (exact) mass is 305 g/mol. The van der Waals surface area contributed by atoms with Crippen LogP contribution in [-0.4, -0.2) is 22.1 Å². The standard InChI is InChI=1S/C19H21N4/c20-15-2-4-16(5-3-15)23-19-8-10-22-18-6-1-13(11-17(18)19)14-7-9-21-12-14/h1,6-7,9-12,15-16,21H,2-5,20H2,(H,22,23). The smallest absolute Gasteiger partial charge is 0.0723 e. The van der Waals surface area contributed by atoms with Crippen LogP contribution in [0.1, 0.15) is 25.7 Å². The molecule has 23 heavy (non-hydrogen) atoms. The highest BCUT2D eigenvalue weighted by atomic mass is 14.9. The lowest BCUT2D eigenvalue weighted by atomic mass is 9.91. The summed E-state index contributed by atoms with van der Waals surface area (Å²) in [6.07, 6.45) is 10.1. The van der Waals surface area contributed by atoms with E-state index in [9.17, 15) is 0 Å². The lowest BCUT2D eigenvalue weighted by Crippen LogP contribution is -2.32. The molecule has 4 nitrogen and oxygen atoms in total. The van der Waals surface area contributed by atoms with Crippen molar-refractivity contribution >= 4 is 16.6 Å². The molecule has 1 aliphatic rings. The summed E-state index contributed by atoms with van der Waals surface area (Å²) in [5.41, 5.74) is 10.4. The van der Waals surface area contributed by atoms with Gasteiger partial charge < -0.3 is 16.0 Å². The average Bonchev–Trinajstić information content (AvgIpc) is 3.11. The fourth-order valence-corrected chi connectivity index (χ4v) is 3.36. The predicted molar refractivity (Wildman–Crippen MR) is 94.2 cm³/mol. The first kappa shape index (κ1) is 14.3. The normalized spacial score (nSPS) is 21.4. The Labute approximate surface area is 136 Å². The van der Waals surface area contributed by atoms with Crippen molar-refractivity contribution in [1.82, 2.24) is 9.97 Å². The molecule has 2 heterocycles. The lowest BCUT2D eigenvalue weighted by molar-refractivity contribution is 0.411. The number of aromatic amines is 1. The Morgan fingerprint density at radius 2 is 2.00 bits per heavy atom. The minimum Gasteiger partial charge on any atom is -0.381 e. The zero-order valence-corrected chi connectivity index (χ0v) is 13.0. The van der Waals surface area contributed by atoms with E-state index in [1.165, 1.54) is 11.1 Å². The second kappa shape index (κ2) is 6.05. The molecule has 1 aliphatic carbocycles. The maximum absolute atomic E-state index is 6.01. The number of nitrogens with zero attached hydrogens (tertiary/aromatic N) is 1. The molecule has 1 radical (unpaired) electrons. The van der Waals surface area contributed by atoms with Gasteiger partial charge in [-0.15, -0.1) is 0 Å². The molecular formula is C19H21N4. The summed E-state index contributed by atoms with van der Waals surface area (Å²) in [7, 11) is 0. The number of anilines is 1. The third-order valence-electron chi connectivity index (χ3n) is 4.73. The maximum atomic E-state index is 6.01. The molecule has 1 fully saturated rings. The number of hydrogen-bond donors (Lipinski definition) is 3. The van der Waals surface area contributed by atoms with Crippen molar-refractivity contribution in [3.63, 3.8) is 0 Å². The van der Waals surface area contributed by atoms with Crippen molar-refractivity contribution < 1.29 is 0 Å². The molecular weight excluding hydrogens is 284 g/mol. The highest BCUT2D eigenvalue weighted by Crippen LogP contribution is 2.29. The van der Waals surface area contributed by atoms with E-state index in [2.05, 4.69) is 45.6 Å². The van der Waals surface area contributed by atoms with Crippen LogP contribution in [0.15, 0.2) is 42.9 Å². The van der Waals surface area contributed by atoms with Crippen LogP contribution in [0.5, 0.6) is 0 Å². The number of rotatable bonds is 3. The molecule has 4 heteroatoms. The minimum atomic E-state index is 0.367. The highest BCUT2D eigenvalue weighted by Gasteiger charge is 2.19. The molecule has 0 unspecified atom stereocenters. The van der Waals surface area contributed by atoms with Gasteiger partial charge in [0, 0.05) is 42.1 Å². The molecule has 0 atom stereocenters. The number of nitrogens with one attached hydrogen (secondary N) is 2. The van der Waals surface area contributed by atoms with Crippen molar-refractivity contribution in [1.29, 1.82) is 0 Å². The molecule has 4 rings (SSSR count). The minimum absolute atomic E-state index is 0.367. The van der Waals surface area contributed by atoms with Crippen LogP contribution in [0.25, 0.3) is 22.0 Å². The van der Waals surface area contributed by atoms with Gasteiger partial charge in [0.2, 0.25) is 0 Å². The number of nitrogens with two attached hydrogens (primary N) is 1. The van der Waals surface area contributed by atoms with E-state index in [0.29, 0.717) is 12.1 Å². The summed E-state index contributed by atoms with van der Waals surface area (Å²) >= 11 is 0. The first-order valence-corrected chi connectivity index (χ1v) is 8.25. The second-order valence-corrected chi connectivity index (χ2v) is 6.37. The molecule has 0 saturated heterocycles. The summed E-state index contributed by atoms with van der Waals surface area (Å²) in [5.74, 6) is 0. The van der Waals surface area contributed by atoms with Gasteiger partial charge in [-0.2, -0.15) is 0 Å². The molecule has 0 aliphatic heterocycles. The van der Waals surface area contributed by atoms with Gasteiger partial charge in [-0.3, -0.25) is 4.98 Å². The zero-order chi connectivity index (χ0) is 15.6. The molecule has 1 aromatic carbocycles. The molecule has 1 saturated carbocycles. The lowest BCUT2D eigenvalue weighted by Gasteiger charge is -2.28. The Morgan fingerprint density at radius 1 is 1.13 bits per heavy atom. The maximum Gasteiger partial charge on any atom is 0.0723 e. The molecule has 4 N–H and O–H groups in total. The van der Waals surface area contributed by atoms with E-state index >= 15 is 0 Å². The zero-order valence-electron chi connectivity index (χ0n) is 13.0. The van der Waals surface area contributed by atoms with Gasteiger partial charge in [-0.1, -0.05) is 6.07 Å². The SMILES string of the molecule is NC1CCC(Nc2[c]cnc3ccc(-c4cc[nH]c4)cc23)CC1. The van der Waals surface area contributed by atoms with Gasteiger partial charge >= 0.3 is 0 Å². The third kappa shape index (κ3) is 2.94. The van der Waals surface area contributed by atoms with E-state index in [1.54, 1.807) is 6.20 Å². The molecule has 0 bridgehead atoms. The van der Waals surface area contributed by atoms with E-state index in [0.717, 1.165) is 42.3 Å². The van der Waals surface area contributed by atoms with Crippen LogP contribution in [0.3, 0.4) is 0 Å². The van der Waals surface area contributed by atoms with Crippen LogP contribution < -0.4 is 11.1 Å². The Balaban J connectivity index is 1.67. The highest BCUT2D eigenvalue weighted by molar-refractivity contribution is 5.94. The van der Waals surface area contributed by atoms with Gasteiger partial charge in [0.1, 0.15) is 0 Å².